The van der Waals surface area contributed by atoms with E-state index in [1.165, 1.54) is 167 Å². The van der Waals surface area contributed by atoms with Gasteiger partial charge in [-0.3, -0.25) is 37.3 Å². The Morgan fingerprint density at radius 1 is 0.279 bits per heavy atom. The first kappa shape index (κ1) is 84.1. The van der Waals surface area contributed by atoms with E-state index in [-0.39, 0.29) is 25.7 Å². The Morgan fingerprint density at radius 3 is 0.686 bits per heavy atom. The largest absolute Gasteiger partial charge is 0.472 e. The lowest BCUT2D eigenvalue weighted by molar-refractivity contribution is -0.161. The van der Waals surface area contributed by atoms with Crippen LogP contribution >= 0.6 is 15.6 Å². The second-order valence-corrected chi connectivity index (χ2v) is 27.1. The Hall–Kier alpha value is -1.94. The molecule has 19 heteroatoms. The summed E-state index contributed by atoms with van der Waals surface area (Å²) in [5.41, 5.74) is 0. The minimum atomic E-state index is -4.94. The van der Waals surface area contributed by atoms with Crippen molar-refractivity contribution in [1.82, 2.24) is 0 Å². The monoisotopic (exact) mass is 1270 g/mol. The number of hydrogen-bond donors (Lipinski definition) is 3. The van der Waals surface area contributed by atoms with E-state index in [4.69, 9.17) is 37.0 Å². The Bertz CT molecular complexity index is 1650. The van der Waals surface area contributed by atoms with Gasteiger partial charge < -0.3 is 33.8 Å². The Kier molecular flexibility index (Phi) is 60.5. The van der Waals surface area contributed by atoms with Gasteiger partial charge >= 0.3 is 39.5 Å². The van der Waals surface area contributed by atoms with Crippen LogP contribution < -0.4 is 0 Å². The van der Waals surface area contributed by atoms with Crippen LogP contribution in [0.15, 0.2) is 0 Å². The van der Waals surface area contributed by atoms with Gasteiger partial charge in [0.2, 0.25) is 0 Å². The van der Waals surface area contributed by atoms with E-state index in [0.29, 0.717) is 25.7 Å². The van der Waals surface area contributed by atoms with Crippen molar-refractivity contribution in [2.75, 3.05) is 39.6 Å². The van der Waals surface area contributed by atoms with E-state index in [1.807, 2.05) is 0 Å². The highest BCUT2D eigenvalue weighted by Crippen LogP contribution is 2.45. The molecule has 86 heavy (non-hydrogen) atoms. The average Bonchev–Trinajstić information content (AvgIpc) is 3.65. The van der Waals surface area contributed by atoms with Crippen LogP contribution in [0.25, 0.3) is 0 Å². The van der Waals surface area contributed by atoms with Crippen LogP contribution in [0.3, 0.4) is 0 Å². The maximum Gasteiger partial charge on any atom is 0.472 e. The highest BCUT2D eigenvalue weighted by Gasteiger charge is 2.30. The number of rotatable bonds is 68. The summed E-state index contributed by atoms with van der Waals surface area (Å²) in [7, 11) is -9.88. The predicted octanol–water partition coefficient (Wildman–Crippen LogP) is 19.1. The molecule has 0 aliphatic heterocycles. The van der Waals surface area contributed by atoms with Crippen molar-refractivity contribution in [3.05, 3.63) is 0 Å². The number of hydrogen-bond acceptors (Lipinski definition) is 15. The fourth-order valence-corrected chi connectivity index (χ4v) is 11.7. The zero-order chi connectivity index (χ0) is 63.3. The molecule has 0 aromatic rings. The number of aliphatic hydroxyl groups is 1. The molecule has 0 rings (SSSR count). The summed E-state index contributed by atoms with van der Waals surface area (Å²) in [6.07, 6.45) is 48.7. The first-order chi connectivity index (χ1) is 41.7. The molecule has 0 aromatic heterocycles. The third-order valence-corrected chi connectivity index (χ3v) is 17.5. The Morgan fingerprint density at radius 2 is 0.465 bits per heavy atom. The van der Waals surface area contributed by atoms with Crippen LogP contribution in [0.1, 0.15) is 349 Å². The van der Waals surface area contributed by atoms with Crippen molar-refractivity contribution in [3.63, 3.8) is 0 Å². The SMILES string of the molecule is CCCCCCCCCCCCCCCCCC(=O)OC[C@H](COP(=O)(O)OC[C@@H](O)COP(=O)(O)OC[C@@H](COC(=O)CCCCCCCCCCC)OC(=O)CCCCCCCCCCCCCCCCC)OC(=O)CCCCCCCCC. The summed E-state index contributed by atoms with van der Waals surface area (Å²) in [5.74, 6) is -2.13. The molecule has 0 aromatic carbocycles. The summed E-state index contributed by atoms with van der Waals surface area (Å²) < 4.78 is 68.0. The predicted molar refractivity (Wildman–Crippen MR) is 345 cm³/mol. The van der Waals surface area contributed by atoms with Crippen LogP contribution in [0.4, 0.5) is 0 Å². The zero-order valence-electron chi connectivity index (χ0n) is 55.3. The van der Waals surface area contributed by atoms with E-state index in [0.717, 1.165) is 103 Å². The van der Waals surface area contributed by atoms with E-state index < -0.39 is 97.5 Å². The summed E-state index contributed by atoms with van der Waals surface area (Å²) in [4.78, 5) is 72.2. The molecule has 510 valence electrons. The number of phosphoric acid groups is 2. The summed E-state index contributed by atoms with van der Waals surface area (Å²) >= 11 is 0. The third-order valence-electron chi connectivity index (χ3n) is 15.6. The molecule has 0 spiro atoms. The third kappa shape index (κ3) is 60.9. The van der Waals surface area contributed by atoms with Crippen molar-refractivity contribution in [2.45, 2.75) is 367 Å². The highest BCUT2D eigenvalue weighted by molar-refractivity contribution is 7.47. The maximum atomic E-state index is 13.0. The second-order valence-electron chi connectivity index (χ2n) is 24.2. The topological polar surface area (TPSA) is 237 Å². The van der Waals surface area contributed by atoms with E-state index in [9.17, 15) is 43.2 Å². The molecule has 0 fully saturated rings. The van der Waals surface area contributed by atoms with E-state index in [1.54, 1.807) is 0 Å². The number of esters is 4. The molecule has 0 amide bonds. The number of carbonyl (C=O) groups excluding carboxylic acids is 4. The summed E-state index contributed by atoms with van der Waals surface area (Å²) in [5, 5.41) is 10.5. The molecule has 2 unspecified atom stereocenters. The molecule has 0 aliphatic carbocycles. The molecule has 17 nitrogen and oxygen atoms in total. The summed E-state index contributed by atoms with van der Waals surface area (Å²) in [6, 6.07) is 0. The first-order valence-electron chi connectivity index (χ1n) is 35.3. The molecule has 3 N–H and O–H groups in total. The molecular formula is C67H130O17P2. The zero-order valence-corrected chi connectivity index (χ0v) is 57.1. The van der Waals surface area contributed by atoms with E-state index >= 15 is 0 Å². The van der Waals surface area contributed by atoms with Crippen LogP contribution in [0.5, 0.6) is 0 Å². The van der Waals surface area contributed by atoms with Crippen molar-refractivity contribution < 1.29 is 80.2 Å². The molecule has 0 saturated carbocycles. The van der Waals surface area contributed by atoms with Crippen LogP contribution in [0, 0.1) is 0 Å². The first-order valence-corrected chi connectivity index (χ1v) is 38.3. The van der Waals surface area contributed by atoms with Gasteiger partial charge in [-0.15, -0.1) is 0 Å². The maximum absolute atomic E-state index is 13.0. The van der Waals surface area contributed by atoms with Gasteiger partial charge in [-0.1, -0.05) is 297 Å². The molecule has 0 heterocycles. The molecule has 5 atom stereocenters. The lowest BCUT2D eigenvalue weighted by Gasteiger charge is -2.21. The van der Waals surface area contributed by atoms with Crippen molar-refractivity contribution in [3.8, 4) is 0 Å². The molecule has 0 radical (unpaired) electrons. The fraction of sp³-hybridized carbons (Fsp3) is 0.940. The molecule has 0 aliphatic rings. The molecule has 0 bridgehead atoms. The van der Waals surface area contributed by atoms with Gasteiger partial charge in [0.1, 0.15) is 19.3 Å². The minimum absolute atomic E-state index is 0.105. The van der Waals surface area contributed by atoms with Gasteiger partial charge in [0.15, 0.2) is 12.2 Å². The highest BCUT2D eigenvalue weighted by atomic mass is 31.2. The molecule has 0 saturated heterocycles. The Balaban J connectivity index is 5.13. The quantitative estimate of drug-likeness (QED) is 0.0222. The summed E-state index contributed by atoms with van der Waals surface area (Å²) in [6.45, 7) is 4.87. The fourth-order valence-electron chi connectivity index (χ4n) is 10.2. The standard InChI is InChI=1S/C67H130O17P2/c1-5-9-13-17-21-24-26-28-30-32-34-37-41-44-48-52-65(70)78-57-62(83-66(71)53-49-45-39-20-16-12-8-4)59-81-85(73,74)79-55-61(68)56-80-86(75,76)82-60-63(58-77-64(69)51-47-43-40-36-23-19-15-11-7-3)84-67(72)54-50-46-42-38-35-33-31-29-27-25-22-18-14-10-6-2/h61-63,68H,5-60H2,1-4H3,(H,73,74)(H,75,76)/t61-,62-,63-/m1/s1. The second kappa shape index (κ2) is 61.9. The van der Waals surface area contributed by atoms with Crippen LogP contribution in [-0.2, 0) is 65.4 Å². The van der Waals surface area contributed by atoms with Crippen molar-refractivity contribution >= 4 is 39.5 Å². The Labute approximate surface area is 524 Å². The number of phosphoric ester groups is 2. The van der Waals surface area contributed by atoms with Crippen molar-refractivity contribution in [2.24, 2.45) is 0 Å². The van der Waals surface area contributed by atoms with Gasteiger partial charge in [0, 0.05) is 25.7 Å². The van der Waals surface area contributed by atoms with Crippen LogP contribution in [0.2, 0.25) is 0 Å². The number of aliphatic hydroxyl groups excluding tert-OH is 1. The smallest absolute Gasteiger partial charge is 0.462 e. The van der Waals surface area contributed by atoms with Gasteiger partial charge in [-0.05, 0) is 25.7 Å². The van der Waals surface area contributed by atoms with Gasteiger partial charge in [-0.25, -0.2) is 9.13 Å². The minimum Gasteiger partial charge on any atom is -0.462 e. The normalized spacial score (nSPS) is 14.1. The van der Waals surface area contributed by atoms with Gasteiger partial charge in [-0.2, -0.15) is 0 Å². The van der Waals surface area contributed by atoms with E-state index in [2.05, 4.69) is 27.7 Å². The average molecular weight is 1270 g/mol. The van der Waals surface area contributed by atoms with Gasteiger partial charge in [0.25, 0.3) is 0 Å². The lowest BCUT2D eigenvalue weighted by Crippen LogP contribution is -2.30. The number of ether oxygens (including phenoxy) is 4. The van der Waals surface area contributed by atoms with Crippen molar-refractivity contribution in [1.29, 1.82) is 0 Å². The van der Waals surface area contributed by atoms with Crippen LogP contribution in [-0.4, -0.2) is 96.7 Å². The lowest BCUT2D eigenvalue weighted by atomic mass is 10.0. The van der Waals surface area contributed by atoms with Gasteiger partial charge in [0.05, 0.1) is 26.4 Å². The number of unbranched alkanes of at least 4 members (excludes halogenated alkanes) is 42. The molecular weight excluding hydrogens is 1140 g/mol. The number of carbonyl (C=O) groups is 4.